The van der Waals surface area contributed by atoms with Gasteiger partial charge < -0.3 is 35.3 Å². The number of carbonyl (C=O) groups is 3. The van der Waals surface area contributed by atoms with Gasteiger partial charge in [-0.2, -0.15) is 13.2 Å². The highest BCUT2D eigenvalue weighted by atomic mass is 19.4. The number of hydrogen-bond acceptors (Lipinski definition) is 10. The lowest BCUT2D eigenvalue weighted by Gasteiger charge is -2.35. The Kier molecular flexibility index (Phi) is 12.4. The number of rotatable bonds is 10. The summed E-state index contributed by atoms with van der Waals surface area (Å²) in [7, 11) is 3.94. The number of likely N-dealkylation sites (tertiary alicyclic amines) is 1. The summed E-state index contributed by atoms with van der Waals surface area (Å²) in [6.07, 6.45) is 5.91. The molecular weight excluding hydrogens is 719 g/mol. The molecule has 1 aromatic carbocycles. The van der Waals surface area contributed by atoms with Crippen LogP contribution in [-0.4, -0.2) is 124 Å². The zero-order valence-corrected chi connectivity index (χ0v) is 30.6. The van der Waals surface area contributed by atoms with Crippen molar-refractivity contribution in [1.82, 2.24) is 35.1 Å². The molecule has 4 aromatic rings. The molecule has 3 aromatic heterocycles. The lowest BCUT2D eigenvalue weighted by atomic mass is 10.0. The number of benzene rings is 1. The molecular formula is C38H44F3N9O5. The highest BCUT2D eigenvalue weighted by Gasteiger charge is 2.39. The van der Waals surface area contributed by atoms with Gasteiger partial charge in [0.2, 0.25) is 5.91 Å². The first-order valence-corrected chi connectivity index (χ1v) is 18.0. The van der Waals surface area contributed by atoms with E-state index < -0.39 is 12.1 Å². The molecule has 2 bridgehead atoms. The van der Waals surface area contributed by atoms with E-state index in [0.717, 1.165) is 92.2 Å². The lowest BCUT2D eigenvalue weighted by Crippen LogP contribution is -2.47. The number of carbonyl (C=O) groups excluding carboxylic acids is 2. The number of H-pyrrole nitrogens is 1. The molecule has 3 aliphatic rings. The molecule has 14 nitrogen and oxygen atoms in total. The first-order valence-electron chi connectivity index (χ1n) is 18.0. The molecule has 0 unspecified atom stereocenters. The van der Waals surface area contributed by atoms with Crippen LogP contribution in [0.25, 0.3) is 22.3 Å². The Morgan fingerprint density at radius 3 is 2.45 bits per heavy atom. The Hall–Kier alpha value is -5.39. The van der Waals surface area contributed by atoms with Crippen LogP contribution in [0.4, 0.5) is 24.7 Å². The molecule has 0 aliphatic carbocycles. The van der Waals surface area contributed by atoms with Crippen molar-refractivity contribution < 1.29 is 37.4 Å². The fourth-order valence-electron chi connectivity index (χ4n) is 7.08. The molecule has 0 saturated carbocycles. The second kappa shape index (κ2) is 17.4. The van der Waals surface area contributed by atoms with Gasteiger partial charge in [-0.3, -0.25) is 19.5 Å². The number of pyridine rings is 1. The van der Waals surface area contributed by atoms with Gasteiger partial charge in [-0.1, -0.05) is 18.2 Å². The first kappa shape index (κ1) is 39.3. The third-order valence-electron chi connectivity index (χ3n) is 9.64. The fraction of sp³-hybridized carbons (Fsp3) is 0.421. The second-order valence-electron chi connectivity index (χ2n) is 14.1. The Labute approximate surface area is 315 Å². The van der Waals surface area contributed by atoms with Crippen LogP contribution in [0, 0.1) is 0 Å². The normalized spacial score (nSPS) is 20.0. The average molecular weight is 764 g/mol. The minimum atomic E-state index is -5.08. The molecule has 7 rings (SSSR count). The third-order valence-corrected chi connectivity index (χ3v) is 9.64. The molecule has 3 saturated heterocycles. The van der Waals surface area contributed by atoms with E-state index in [1.54, 1.807) is 18.6 Å². The number of aliphatic carboxylic acids is 1. The van der Waals surface area contributed by atoms with Gasteiger partial charge in [0.25, 0.3) is 5.91 Å². The number of alkyl halides is 3. The average Bonchev–Trinajstić information content (AvgIpc) is 3.69. The molecule has 3 aliphatic heterocycles. The van der Waals surface area contributed by atoms with E-state index in [1.807, 2.05) is 61.5 Å². The van der Waals surface area contributed by atoms with Crippen LogP contribution < -0.4 is 15.5 Å². The largest absolute Gasteiger partial charge is 0.490 e. The minimum absolute atomic E-state index is 0.0558. The summed E-state index contributed by atoms with van der Waals surface area (Å²) in [6, 6.07) is 14.5. The Morgan fingerprint density at radius 1 is 1.04 bits per heavy atom. The van der Waals surface area contributed by atoms with Gasteiger partial charge in [-0.25, -0.2) is 14.8 Å². The number of likely N-dealkylation sites (N-methyl/N-ethyl adjacent to an activating group) is 1. The fourth-order valence-corrected chi connectivity index (χ4v) is 7.08. The van der Waals surface area contributed by atoms with Gasteiger partial charge in [0.15, 0.2) is 0 Å². The van der Waals surface area contributed by atoms with Crippen molar-refractivity contribution in [3.8, 4) is 11.3 Å². The van der Waals surface area contributed by atoms with E-state index in [-0.39, 0.29) is 17.9 Å². The zero-order chi connectivity index (χ0) is 39.1. The Balaban J connectivity index is 0.000000672. The summed E-state index contributed by atoms with van der Waals surface area (Å²) in [5.41, 5.74) is 4.80. The van der Waals surface area contributed by atoms with E-state index in [4.69, 9.17) is 14.6 Å². The molecule has 17 heteroatoms. The third kappa shape index (κ3) is 10.2. The predicted octanol–water partition coefficient (Wildman–Crippen LogP) is 4.47. The van der Waals surface area contributed by atoms with Crippen molar-refractivity contribution in [2.24, 2.45) is 0 Å². The number of amides is 2. The summed E-state index contributed by atoms with van der Waals surface area (Å²) >= 11 is 0. The van der Waals surface area contributed by atoms with Crippen LogP contribution in [-0.2, 0) is 20.9 Å². The topological polar surface area (TPSA) is 169 Å². The van der Waals surface area contributed by atoms with Crippen molar-refractivity contribution in [1.29, 1.82) is 0 Å². The van der Waals surface area contributed by atoms with Gasteiger partial charge in [0.1, 0.15) is 23.5 Å². The van der Waals surface area contributed by atoms with Gasteiger partial charge in [0, 0.05) is 49.3 Å². The number of fused-ring (bicyclic) bond motifs is 3. The summed E-state index contributed by atoms with van der Waals surface area (Å²) in [4.78, 5) is 58.2. The van der Waals surface area contributed by atoms with Crippen molar-refractivity contribution in [3.63, 3.8) is 0 Å². The molecule has 6 heterocycles. The SMILES string of the molecule is CN(C)C/C=C/C(=O)N[C@@H]1CCCN(Cc2ccnc(C(=O)Nc3ccc(-c4cc5c(N6[C@@H]7CC[C@H]6COC7)ncnc5[nH]4)cc3)c2)C1.O=C(O)C(F)(F)F. The predicted molar refractivity (Wildman–Crippen MR) is 199 cm³/mol. The standard InChI is InChI=1S/C36H43N9O3.C2HF3O2/c1-43(2)15-4-6-33(46)40-27-5-3-16-44(20-27)19-24-13-14-37-32(17-24)36(47)41-26-9-7-25(8-10-26)31-18-30-34(42-31)38-23-39-35(30)45-28-11-12-29(45)22-48-21-28;3-2(4,5)1(6)7/h4,6-10,13-14,17-18,23,27-29H,3,5,11-12,15-16,19-22H2,1-2H3,(H,40,46)(H,41,47)(H,38,39,42);(H,6,7)/b6-4+;/t27-,28-,29+;/m1./s1. The van der Waals surface area contributed by atoms with E-state index in [0.29, 0.717) is 30.0 Å². The summed E-state index contributed by atoms with van der Waals surface area (Å²) in [6.45, 7) is 4.60. The highest BCUT2D eigenvalue weighted by Crippen LogP contribution is 2.37. The quantitative estimate of drug-likeness (QED) is 0.168. The highest BCUT2D eigenvalue weighted by molar-refractivity contribution is 6.03. The number of carboxylic acids is 1. The minimum Gasteiger partial charge on any atom is -0.475 e. The van der Waals surface area contributed by atoms with Gasteiger partial charge in [-0.05, 0) is 87.8 Å². The summed E-state index contributed by atoms with van der Waals surface area (Å²) in [5.74, 6) is -2.11. The van der Waals surface area contributed by atoms with Crippen molar-refractivity contribution in [2.45, 2.75) is 56.5 Å². The number of aromatic nitrogens is 4. The van der Waals surface area contributed by atoms with Gasteiger partial charge in [-0.15, -0.1) is 0 Å². The van der Waals surface area contributed by atoms with Gasteiger partial charge >= 0.3 is 12.1 Å². The number of carboxylic acid groups (broad SMARTS) is 1. The van der Waals surface area contributed by atoms with E-state index in [1.165, 1.54) is 0 Å². The van der Waals surface area contributed by atoms with Crippen LogP contribution in [0.5, 0.6) is 0 Å². The van der Waals surface area contributed by atoms with Crippen LogP contribution in [0.3, 0.4) is 0 Å². The molecule has 3 atom stereocenters. The van der Waals surface area contributed by atoms with Gasteiger partial charge in [0.05, 0.1) is 30.7 Å². The van der Waals surface area contributed by atoms with E-state index in [2.05, 4.69) is 46.4 Å². The molecule has 0 spiro atoms. The number of nitrogens with one attached hydrogen (secondary N) is 3. The van der Waals surface area contributed by atoms with Crippen molar-refractivity contribution in [3.05, 3.63) is 78.4 Å². The number of anilines is 2. The monoisotopic (exact) mass is 763 g/mol. The number of aromatic amines is 1. The molecule has 2 amide bonds. The number of ether oxygens (including phenoxy) is 1. The number of nitrogens with zero attached hydrogens (tertiary/aromatic N) is 6. The van der Waals surface area contributed by atoms with E-state index in [9.17, 15) is 22.8 Å². The molecule has 292 valence electrons. The summed E-state index contributed by atoms with van der Waals surface area (Å²) < 4.78 is 37.5. The lowest BCUT2D eigenvalue weighted by molar-refractivity contribution is -0.192. The maximum absolute atomic E-state index is 13.2. The maximum atomic E-state index is 13.2. The Bertz CT molecular complexity index is 1990. The molecule has 3 fully saturated rings. The second-order valence-corrected chi connectivity index (χ2v) is 14.1. The van der Waals surface area contributed by atoms with Crippen LogP contribution in [0.1, 0.15) is 41.7 Å². The van der Waals surface area contributed by atoms with Crippen LogP contribution in [0.15, 0.2) is 67.1 Å². The van der Waals surface area contributed by atoms with Crippen molar-refractivity contribution >= 4 is 40.3 Å². The molecule has 55 heavy (non-hydrogen) atoms. The number of morpholine rings is 1. The zero-order valence-electron chi connectivity index (χ0n) is 30.6. The summed E-state index contributed by atoms with van der Waals surface area (Å²) in [5, 5.41) is 14.3. The number of hydrogen-bond donors (Lipinski definition) is 4. The Morgan fingerprint density at radius 2 is 1.76 bits per heavy atom. The maximum Gasteiger partial charge on any atom is 0.490 e. The molecule has 0 radical (unpaired) electrons. The number of piperidine rings is 1. The van der Waals surface area contributed by atoms with E-state index >= 15 is 0 Å². The van der Waals surface area contributed by atoms with Crippen LogP contribution in [0.2, 0.25) is 0 Å². The van der Waals surface area contributed by atoms with Crippen LogP contribution >= 0.6 is 0 Å². The molecule has 4 N–H and O–H groups in total. The first-order chi connectivity index (χ1) is 26.3. The smallest absolute Gasteiger partial charge is 0.475 e. The van der Waals surface area contributed by atoms with Crippen molar-refractivity contribution in [2.75, 3.05) is 57.2 Å². The number of halogens is 3.